The first kappa shape index (κ1) is 11.8. The minimum Gasteiger partial charge on any atom is -0.413 e. The van der Waals surface area contributed by atoms with Crippen LogP contribution in [0.4, 0.5) is 22.0 Å². The van der Waals surface area contributed by atoms with E-state index in [0.717, 1.165) is 0 Å². The summed E-state index contributed by atoms with van der Waals surface area (Å²) in [6.07, 6.45) is -9.50. The van der Waals surface area contributed by atoms with Crippen molar-refractivity contribution < 1.29 is 26.7 Å². The highest BCUT2D eigenvalue weighted by Crippen LogP contribution is 2.40. The molecule has 0 aromatic heterocycles. The molecule has 0 saturated heterocycles. The molecule has 1 unspecified atom stereocenters. The van der Waals surface area contributed by atoms with Crippen molar-refractivity contribution in [2.45, 2.75) is 18.3 Å². The molecule has 0 spiro atoms. The van der Waals surface area contributed by atoms with Gasteiger partial charge in [-0.2, -0.15) is 22.0 Å². The average Bonchev–Trinajstić information content (AvgIpc) is 2.55. The molecule has 1 aromatic rings. The second-order valence-electron chi connectivity index (χ2n) is 3.41. The van der Waals surface area contributed by atoms with Crippen molar-refractivity contribution in [3.8, 4) is 0 Å². The molecule has 1 heterocycles. The van der Waals surface area contributed by atoms with Crippen LogP contribution in [0.5, 0.6) is 0 Å². The quantitative estimate of drug-likeness (QED) is 0.703. The average molecular weight is 251 g/mol. The second kappa shape index (κ2) is 3.68. The third-order valence-electron chi connectivity index (χ3n) is 2.13. The first-order chi connectivity index (χ1) is 7.81. The van der Waals surface area contributed by atoms with E-state index in [1.54, 1.807) is 6.07 Å². The van der Waals surface area contributed by atoms with E-state index in [4.69, 9.17) is 0 Å². The maximum Gasteiger partial charge on any atom is 0.431 e. The van der Waals surface area contributed by atoms with Crippen molar-refractivity contribution in [3.63, 3.8) is 0 Å². The lowest BCUT2D eigenvalue weighted by atomic mass is 10.2. The van der Waals surface area contributed by atoms with Gasteiger partial charge in [-0.05, 0) is 12.1 Å². The third kappa shape index (κ3) is 2.22. The zero-order valence-electron chi connectivity index (χ0n) is 8.21. The number of hydrogen-bond donors (Lipinski definition) is 0. The fourth-order valence-electron chi connectivity index (χ4n) is 1.38. The van der Waals surface area contributed by atoms with Crippen LogP contribution in [-0.2, 0) is 4.74 Å². The number of nitrogens with zero attached hydrogens (tertiary/aromatic N) is 1. The minimum atomic E-state index is -5.14. The molecule has 0 fully saturated rings. The molecule has 1 aliphatic heterocycles. The standard InChI is InChI=1S/C10H6F5NO/c11-9(12,13)8-10(14,15)17-7(16-8)6-4-2-1-3-5-6/h1-5,8H. The Morgan fingerprint density at radius 3 is 2.18 bits per heavy atom. The number of rotatable bonds is 1. The van der Waals surface area contributed by atoms with E-state index >= 15 is 0 Å². The smallest absolute Gasteiger partial charge is 0.413 e. The molecule has 2 nitrogen and oxygen atoms in total. The van der Waals surface area contributed by atoms with Gasteiger partial charge in [-0.1, -0.05) is 18.2 Å². The summed E-state index contributed by atoms with van der Waals surface area (Å²) in [6, 6.07) is 4.10. The Balaban J connectivity index is 2.35. The molecule has 1 aliphatic rings. The molecule has 0 radical (unpaired) electrons. The molecule has 7 heteroatoms. The van der Waals surface area contributed by atoms with Crippen LogP contribution in [0.1, 0.15) is 5.56 Å². The van der Waals surface area contributed by atoms with Gasteiger partial charge in [0.15, 0.2) is 0 Å². The Labute approximate surface area is 92.7 Å². The van der Waals surface area contributed by atoms with Crippen molar-refractivity contribution in [2.24, 2.45) is 4.99 Å². The summed E-state index contributed by atoms with van der Waals surface area (Å²) in [5.74, 6) is -0.696. The maximum atomic E-state index is 13.0. The van der Waals surface area contributed by atoms with E-state index < -0.39 is 24.2 Å². The Bertz CT molecular complexity index is 440. The van der Waals surface area contributed by atoms with Gasteiger partial charge in [0.1, 0.15) is 0 Å². The van der Waals surface area contributed by atoms with Gasteiger partial charge in [-0.25, -0.2) is 4.99 Å². The number of benzene rings is 1. The number of alkyl halides is 5. The Kier molecular flexibility index (Phi) is 2.56. The predicted molar refractivity (Wildman–Crippen MR) is 48.9 cm³/mol. The normalized spacial score (nSPS) is 23.1. The fourth-order valence-corrected chi connectivity index (χ4v) is 1.38. The van der Waals surface area contributed by atoms with Crippen LogP contribution >= 0.6 is 0 Å². The molecule has 0 N–H and O–H groups in total. The maximum absolute atomic E-state index is 13.0. The van der Waals surface area contributed by atoms with E-state index in [-0.39, 0.29) is 5.56 Å². The van der Waals surface area contributed by atoms with Crippen LogP contribution in [0, 0.1) is 0 Å². The highest BCUT2D eigenvalue weighted by molar-refractivity contribution is 5.95. The monoisotopic (exact) mass is 251 g/mol. The third-order valence-corrected chi connectivity index (χ3v) is 2.13. The summed E-state index contributed by atoms with van der Waals surface area (Å²) < 4.78 is 66.8. The highest BCUT2D eigenvalue weighted by Gasteiger charge is 2.62. The van der Waals surface area contributed by atoms with Gasteiger partial charge in [0, 0.05) is 5.56 Å². The Morgan fingerprint density at radius 1 is 1.12 bits per heavy atom. The van der Waals surface area contributed by atoms with Crippen LogP contribution < -0.4 is 0 Å². The van der Waals surface area contributed by atoms with E-state index in [1.807, 2.05) is 0 Å². The van der Waals surface area contributed by atoms with E-state index in [0.29, 0.717) is 0 Å². The predicted octanol–water partition coefficient (Wildman–Crippen LogP) is 2.99. The minimum absolute atomic E-state index is 0.0823. The first-order valence-electron chi connectivity index (χ1n) is 4.57. The van der Waals surface area contributed by atoms with E-state index in [9.17, 15) is 22.0 Å². The largest absolute Gasteiger partial charge is 0.431 e. The van der Waals surface area contributed by atoms with Gasteiger partial charge >= 0.3 is 12.3 Å². The summed E-state index contributed by atoms with van der Waals surface area (Å²) in [5.41, 5.74) is 0.0823. The summed E-state index contributed by atoms with van der Waals surface area (Å²) in [5, 5.41) is 0. The van der Waals surface area contributed by atoms with Crippen LogP contribution in [0.3, 0.4) is 0 Å². The van der Waals surface area contributed by atoms with Crippen LogP contribution in [0.25, 0.3) is 0 Å². The molecule has 0 bridgehead atoms. The molecule has 1 atom stereocenters. The zero-order valence-corrected chi connectivity index (χ0v) is 8.21. The SMILES string of the molecule is FC(F)(F)C1N=C(c2ccccc2)OC1(F)F. The van der Waals surface area contributed by atoms with Gasteiger partial charge in [0.25, 0.3) is 6.04 Å². The molecule has 1 aromatic carbocycles. The first-order valence-corrected chi connectivity index (χ1v) is 4.57. The number of hydrogen-bond acceptors (Lipinski definition) is 2. The number of halogens is 5. The number of ether oxygens (including phenoxy) is 1. The lowest BCUT2D eigenvalue weighted by molar-refractivity contribution is -0.262. The molecule has 0 aliphatic carbocycles. The second-order valence-corrected chi connectivity index (χ2v) is 3.41. The van der Waals surface area contributed by atoms with Crippen molar-refractivity contribution in [1.29, 1.82) is 0 Å². The summed E-state index contributed by atoms with van der Waals surface area (Å²) >= 11 is 0. The topological polar surface area (TPSA) is 21.6 Å². The van der Waals surface area contributed by atoms with Crippen molar-refractivity contribution in [3.05, 3.63) is 35.9 Å². The molecular weight excluding hydrogens is 245 g/mol. The molecule has 2 rings (SSSR count). The fraction of sp³-hybridized carbons (Fsp3) is 0.300. The molecular formula is C10H6F5NO. The summed E-state index contributed by atoms with van der Waals surface area (Å²) in [4.78, 5) is 2.90. The van der Waals surface area contributed by atoms with Gasteiger partial charge in [0.05, 0.1) is 0 Å². The Morgan fingerprint density at radius 2 is 1.71 bits per heavy atom. The van der Waals surface area contributed by atoms with Gasteiger partial charge < -0.3 is 4.74 Å². The van der Waals surface area contributed by atoms with E-state index in [1.165, 1.54) is 24.3 Å². The molecule has 0 amide bonds. The van der Waals surface area contributed by atoms with Gasteiger partial charge in [-0.3, -0.25) is 0 Å². The van der Waals surface area contributed by atoms with Crippen LogP contribution in [0.2, 0.25) is 0 Å². The number of aliphatic imine (C=N–C) groups is 1. The van der Waals surface area contributed by atoms with E-state index in [2.05, 4.69) is 9.73 Å². The van der Waals surface area contributed by atoms with Gasteiger partial charge in [0.2, 0.25) is 5.90 Å². The summed E-state index contributed by atoms with van der Waals surface area (Å²) in [6.45, 7) is 0. The highest BCUT2D eigenvalue weighted by atomic mass is 19.4. The molecule has 0 saturated carbocycles. The van der Waals surface area contributed by atoms with Crippen molar-refractivity contribution in [2.75, 3.05) is 0 Å². The Hall–Kier alpha value is -1.66. The van der Waals surface area contributed by atoms with Crippen LogP contribution in [-0.4, -0.2) is 24.2 Å². The molecule has 92 valence electrons. The van der Waals surface area contributed by atoms with Crippen LogP contribution in [0.15, 0.2) is 35.3 Å². The lowest BCUT2D eigenvalue weighted by Gasteiger charge is -2.18. The van der Waals surface area contributed by atoms with Crippen molar-refractivity contribution in [1.82, 2.24) is 0 Å². The lowest BCUT2D eigenvalue weighted by Crippen LogP contribution is -2.41. The summed E-state index contributed by atoms with van der Waals surface area (Å²) in [7, 11) is 0. The van der Waals surface area contributed by atoms with Gasteiger partial charge in [-0.15, -0.1) is 0 Å². The zero-order chi connectivity index (χ0) is 12.7. The molecule has 17 heavy (non-hydrogen) atoms. The van der Waals surface area contributed by atoms with Crippen molar-refractivity contribution >= 4 is 5.90 Å².